The molecule has 1 aromatic heterocycles. The van der Waals surface area contributed by atoms with E-state index in [4.69, 9.17) is 23.2 Å². The fraction of sp³-hybridized carbons (Fsp3) is 0.400. The van der Waals surface area contributed by atoms with Crippen LogP contribution in [0.15, 0.2) is 22.7 Å². The minimum atomic E-state index is 0.117. The molecule has 1 unspecified atom stereocenters. The molecule has 0 fully saturated rings. The molecule has 0 spiro atoms. The van der Waals surface area contributed by atoms with Crippen molar-refractivity contribution in [2.45, 2.75) is 26.3 Å². The Kier molecular flexibility index (Phi) is 5.72. The van der Waals surface area contributed by atoms with Crippen LogP contribution in [0.2, 0.25) is 10.0 Å². The number of hydrogen-bond donors (Lipinski definition) is 1. The van der Waals surface area contributed by atoms with Gasteiger partial charge in [-0.1, -0.05) is 36.2 Å². The number of rotatable bonds is 5. The highest BCUT2D eigenvalue weighted by molar-refractivity contribution is 9.10. The standard InChI is InChI=1S/C15H18BrCl2N3/c1-4-19-13(11-6-5-10(17)7-12(11)18)8-14-15(16)9(2)20-21(14)3/h5-7,13,19H,4,8H2,1-3H3. The van der Waals surface area contributed by atoms with Gasteiger partial charge in [-0.15, -0.1) is 0 Å². The van der Waals surface area contributed by atoms with E-state index in [1.54, 1.807) is 6.07 Å². The first-order chi connectivity index (χ1) is 9.93. The second-order valence-corrected chi connectivity index (χ2v) is 6.59. The Bertz CT molecular complexity index is 640. The van der Waals surface area contributed by atoms with Crippen LogP contribution in [-0.4, -0.2) is 16.3 Å². The van der Waals surface area contributed by atoms with Crippen molar-refractivity contribution in [1.29, 1.82) is 0 Å². The Morgan fingerprint density at radius 3 is 2.62 bits per heavy atom. The minimum absolute atomic E-state index is 0.117. The lowest BCUT2D eigenvalue weighted by molar-refractivity contribution is 0.528. The van der Waals surface area contributed by atoms with Crippen molar-refractivity contribution >= 4 is 39.1 Å². The average Bonchev–Trinajstić information content (AvgIpc) is 2.65. The van der Waals surface area contributed by atoms with Crippen LogP contribution in [0.25, 0.3) is 0 Å². The van der Waals surface area contributed by atoms with Crippen LogP contribution < -0.4 is 5.32 Å². The summed E-state index contributed by atoms with van der Waals surface area (Å²) in [5.41, 5.74) is 3.18. The topological polar surface area (TPSA) is 29.9 Å². The van der Waals surface area contributed by atoms with Crippen molar-refractivity contribution in [2.75, 3.05) is 6.54 Å². The molecule has 3 nitrogen and oxygen atoms in total. The first-order valence-corrected chi connectivity index (χ1v) is 8.35. The van der Waals surface area contributed by atoms with E-state index in [2.05, 4.69) is 33.3 Å². The largest absolute Gasteiger partial charge is 0.310 e. The molecule has 1 heterocycles. The highest BCUT2D eigenvalue weighted by Crippen LogP contribution is 2.31. The summed E-state index contributed by atoms with van der Waals surface area (Å²) >= 11 is 16.0. The van der Waals surface area contributed by atoms with Crippen LogP contribution in [0.5, 0.6) is 0 Å². The molecule has 1 atom stereocenters. The fourth-order valence-corrected chi connectivity index (χ4v) is 3.46. The maximum absolute atomic E-state index is 6.35. The lowest BCUT2D eigenvalue weighted by atomic mass is 10.0. The Morgan fingerprint density at radius 2 is 2.10 bits per heavy atom. The van der Waals surface area contributed by atoms with Gasteiger partial charge in [-0.05, 0) is 47.1 Å². The fourth-order valence-electron chi connectivity index (χ4n) is 2.42. The van der Waals surface area contributed by atoms with E-state index in [1.807, 2.05) is 30.8 Å². The molecular formula is C15H18BrCl2N3. The van der Waals surface area contributed by atoms with E-state index in [0.717, 1.165) is 34.4 Å². The molecule has 114 valence electrons. The van der Waals surface area contributed by atoms with Crippen molar-refractivity contribution < 1.29 is 0 Å². The lowest BCUT2D eigenvalue weighted by Crippen LogP contribution is -2.24. The highest BCUT2D eigenvalue weighted by Gasteiger charge is 2.19. The number of hydrogen-bond acceptors (Lipinski definition) is 2. The van der Waals surface area contributed by atoms with Crippen molar-refractivity contribution in [1.82, 2.24) is 15.1 Å². The van der Waals surface area contributed by atoms with Gasteiger partial charge in [0.05, 0.1) is 15.9 Å². The number of nitrogens with zero attached hydrogens (tertiary/aromatic N) is 2. The van der Waals surface area contributed by atoms with Crippen LogP contribution in [0.4, 0.5) is 0 Å². The van der Waals surface area contributed by atoms with Crippen LogP contribution in [0, 0.1) is 6.92 Å². The predicted molar refractivity (Wildman–Crippen MR) is 92.2 cm³/mol. The Morgan fingerprint density at radius 1 is 1.38 bits per heavy atom. The highest BCUT2D eigenvalue weighted by atomic mass is 79.9. The van der Waals surface area contributed by atoms with Crippen LogP contribution in [-0.2, 0) is 13.5 Å². The lowest BCUT2D eigenvalue weighted by Gasteiger charge is -2.20. The first-order valence-electron chi connectivity index (χ1n) is 6.80. The van der Waals surface area contributed by atoms with Crippen molar-refractivity contribution in [3.63, 3.8) is 0 Å². The molecule has 0 aliphatic heterocycles. The number of aryl methyl sites for hydroxylation is 2. The summed E-state index contributed by atoms with van der Waals surface area (Å²) in [5, 5.41) is 9.26. The SMILES string of the molecule is CCNC(Cc1c(Br)c(C)nn1C)c1ccc(Cl)cc1Cl. The minimum Gasteiger partial charge on any atom is -0.310 e. The molecule has 0 radical (unpaired) electrons. The van der Waals surface area contributed by atoms with Gasteiger partial charge in [-0.3, -0.25) is 4.68 Å². The zero-order chi connectivity index (χ0) is 15.6. The molecule has 21 heavy (non-hydrogen) atoms. The van der Waals surface area contributed by atoms with Gasteiger partial charge in [0.2, 0.25) is 0 Å². The monoisotopic (exact) mass is 389 g/mol. The number of halogens is 3. The maximum atomic E-state index is 6.35. The normalized spacial score (nSPS) is 12.7. The third-order valence-corrected chi connectivity index (χ3v) is 5.04. The molecule has 0 saturated heterocycles. The summed E-state index contributed by atoms with van der Waals surface area (Å²) < 4.78 is 2.96. The van der Waals surface area contributed by atoms with E-state index < -0.39 is 0 Å². The van der Waals surface area contributed by atoms with Crippen molar-refractivity contribution in [2.24, 2.45) is 7.05 Å². The van der Waals surface area contributed by atoms with Crippen LogP contribution >= 0.6 is 39.1 Å². The second kappa shape index (κ2) is 7.14. The summed E-state index contributed by atoms with van der Waals surface area (Å²) in [4.78, 5) is 0. The van der Waals surface area contributed by atoms with E-state index in [9.17, 15) is 0 Å². The van der Waals surface area contributed by atoms with Gasteiger partial charge in [0, 0.05) is 29.6 Å². The van der Waals surface area contributed by atoms with E-state index >= 15 is 0 Å². The quantitative estimate of drug-likeness (QED) is 0.802. The van der Waals surface area contributed by atoms with Crippen LogP contribution in [0.3, 0.4) is 0 Å². The molecule has 1 aromatic carbocycles. The zero-order valence-corrected chi connectivity index (χ0v) is 15.3. The van der Waals surface area contributed by atoms with Gasteiger partial charge in [0.1, 0.15) is 0 Å². The summed E-state index contributed by atoms with van der Waals surface area (Å²) in [6.07, 6.45) is 0.799. The predicted octanol–water partition coefficient (Wildman–Crippen LogP) is 4.69. The molecule has 0 aliphatic carbocycles. The molecular weight excluding hydrogens is 373 g/mol. The third-order valence-electron chi connectivity index (χ3n) is 3.45. The van der Waals surface area contributed by atoms with E-state index in [0.29, 0.717) is 10.0 Å². The second-order valence-electron chi connectivity index (χ2n) is 4.95. The Balaban J connectivity index is 2.35. The molecule has 6 heteroatoms. The van der Waals surface area contributed by atoms with Gasteiger partial charge >= 0.3 is 0 Å². The maximum Gasteiger partial charge on any atom is 0.0738 e. The number of likely N-dealkylation sites (N-methyl/N-ethyl adjacent to an activating group) is 1. The molecule has 0 saturated carbocycles. The summed E-state index contributed by atoms with van der Waals surface area (Å²) in [5.74, 6) is 0. The van der Waals surface area contributed by atoms with Crippen molar-refractivity contribution in [3.05, 3.63) is 49.7 Å². The number of benzene rings is 1. The van der Waals surface area contributed by atoms with Gasteiger partial charge in [0.25, 0.3) is 0 Å². The smallest absolute Gasteiger partial charge is 0.0738 e. The molecule has 0 amide bonds. The summed E-state index contributed by atoms with van der Waals surface area (Å²) in [6, 6.07) is 5.75. The third kappa shape index (κ3) is 3.81. The Labute approximate surface area is 143 Å². The molecule has 1 N–H and O–H groups in total. The van der Waals surface area contributed by atoms with Gasteiger partial charge < -0.3 is 5.32 Å². The number of aromatic nitrogens is 2. The Hall–Kier alpha value is -0.550. The molecule has 2 aromatic rings. The van der Waals surface area contributed by atoms with E-state index in [1.165, 1.54) is 0 Å². The van der Waals surface area contributed by atoms with E-state index in [-0.39, 0.29) is 6.04 Å². The summed E-state index contributed by atoms with van der Waals surface area (Å²) in [7, 11) is 1.96. The molecule has 2 rings (SSSR count). The van der Waals surface area contributed by atoms with Gasteiger partial charge in [-0.2, -0.15) is 5.10 Å². The first kappa shape index (κ1) is 16.8. The summed E-state index contributed by atoms with van der Waals surface area (Å²) in [6.45, 7) is 4.93. The van der Waals surface area contributed by atoms with Crippen molar-refractivity contribution in [3.8, 4) is 0 Å². The van der Waals surface area contributed by atoms with Crippen LogP contribution in [0.1, 0.15) is 29.9 Å². The van der Waals surface area contributed by atoms with Gasteiger partial charge in [-0.25, -0.2) is 0 Å². The average molecular weight is 391 g/mol. The molecule has 0 aliphatic rings. The molecule has 0 bridgehead atoms. The van der Waals surface area contributed by atoms with Gasteiger partial charge in [0.15, 0.2) is 0 Å². The zero-order valence-electron chi connectivity index (χ0n) is 12.3. The number of nitrogens with one attached hydrogen (secondary N) is 1.